The third-order valence-electron chi connectivity index (χ3n) is 6.12. The Morgan fingerprint density at radius 2 is 1.79 bits per heavy atom. The van der Waals surface area contributed by atoms with E-state index in [2.05, 4.69) is 17.1 Å². The van der Waals surface area contributed by atoms with Crippen LogP contribution in [-0.4, -0.2) is 48.6 Å². The Hall–Kier alpha value is -2.60. The molecule has 6 nitrogen and oxygen atoms in total. The van der Waals surface area contributed by atoms with Gasteiger partial charge < -0.3 is 10.1 Å². The predicted molar refractivity (Wildman–Crippen MR) is 108 cm³/mol. The number of likely N-dealkylation sites (tertiary alicyclic amines) is 1. The minimum absolute atomic E-state index is 0.191. The van der Waals surface area contributed by atoms with Crippen LogP contribution >= 0.6 is 0 Å². The lowest BCUT2D eigenvalue weighted by molar-refractivity contribution is -0.132. The average molecular weight is 381 g/mol. The number of methoxy groups -OCH3 is 1. The summed E-state index contributed by atoms with van der Waals surface area (Å²) in [5.74, 6) is 1.31. The van der Waals surface area contributed by atoms with Crippen LogP contribution < -0.4 is 10.1 Å². The van der Waals surface area contributed by atoms with Crippen LogP contribution in [0.25, 0.3) is 10.8 Å². The van der Waals surface area contributed by atoms with E-state index in [1.807, 2.05) is 36.4 Å². The molecule has 2 saturated heterocycles. The van der Waals surface area contributed by atoms with Gasteiger partial charge in [0.2, 0.25) is 0 Å². The second-order valence-corrected chi connectivity index (χ2v) is 8.16. The van der Waals surface area contributed by atoms with Gasteiger partial charge in [0.25, 0.3) is 5.91 Å². The number of ether oxygens (including phenoxy) is 1. The standard InChI is InChI=1S/C22H27N3O3/c1-15-8-10-24(11-9-15)14-25-20(26)22(2,23-21(25)27)18-6-4-17-13-19(28-3)7-5-16(17)12-18/h4-7,12-13,15H,8-11,14H2,1-3H3,(H,23,27)/t22-/m0/s1. The van der Waals surface area contributed by atoms with Crippen LogP contribution in [0.4, 0.5) is 4.79 Å². The molecule has 2 fully saturated rings. The first kappa shape index (κ1) is 18.7. The normalized spacial score (nSPS) is 24.0. The molecular weight excluding hydrogens is 354 g/mol. The van der Waals surface area contributed by atoms with Crippen molar-refractivity contribution < 1.29 is 14.3 Å². The molecule has 0 radical (unpaired) electrons. The number of nitrogens with zero attached hydrogens (tertiary/aromatic N) is 2. The van der Waals surface area contributed by atoms with E-state index >= 15 is 0 Å². The Bertz CT molecular complexity index is 920. The molecule has 0 saturated carbocycles. The summed E-state index contributed by atoms with van der Waals surface area (Å²) in [6.07, 6.45) is 2.21. The van der Waals surface area contributed by atoms with Crippen LogP contribution in [0, 0.1) is 5.92 Å². The van der Waals surface area contributed by atoms with Gasteiger partial charge in [0, 0.05) is 13.1 Å². The maximum Gasteiger partial charge on any atom is 0.326 e. The molecule has 2 aliphatic heterocycles. The second-order valence-electron chi connectivity index (χ2n) is 8.16. The summed E-state index contributed by atoms with van der Waals surface area (Å²) in [6.45, 7) is 6.24. The molecule has 2 heterocycles. The van der Waals surface area contributed by atoms with Crippen molar-refractivity contribution in [1.82, 2.24) is 15.1 Å². The molecule has 28 heavy (non-hydrogen) atoms. The first-order valence-electron chi connectivity index (χ1n) is 9.85. The molecule has 0 spiro atoms. The van der Waals surface area contributed by atoms with Crippen LogP contribution in [0.2, 0.25) is 0 Å². The molecule has 6 heteroatoms. The highest BCUT2D eigenvalue weighted by Gasteiger charge is 2.49. The van der Waals surface area contributed by atoms with Crippen molar-refractivity contribution in [3.8, 4) is 5.75 Å². The van der Waals surface area contributed by atoms with Gasteiger partial charge >= 0.3 is 6.03 Å². The molecule has 2 aromatic rings. The lowest BCUT2D eigenvalue weighted by Crippen LogP contribution is -2.46. The number of hydrogen-bond donors (Lipinski definition) is 1. The van der Waals surface area contributed by atoms with Gasteiger partial charge in [0.05, 0.1) is 13.8 Å². The molecule has 3 amide bonds. The zero-order valence-electron chi connectivity index (χ0n) is 16.7. The summed E-state index contributed by atoms with van der Waals surface area (Å²) < 4.78 is 5.27. The van der Waals surface area contributed by atoms with Gasteiger partial charge in [0.15, 0.2) is 0 Å². The van der Waals surface area contributed by atoms with Crippen LogP contribution in [0.3, 0.4) is 0 Å². The molecule has 2 aromatic carbocycles. The van der Waals surface area contributed by atoms with E-state index < -0.39 is 5.54 Å². The van der Waals surface area contributed by atoms with E-state index in [9.17, 15) is 9.59 Å². The molecule has 2 aliphatic rings. The molecule has 0 aliphatic carbocycles. The van der Waals surface area contributed by atoms with Crippen LogP contribution in [0.5, 0.6) is 5.75 Å². The van der Waals surface area contributed by atoms with Crippen molar-refractivity contribution in [1.29, 1.82) is 0 Å². The van der Waals surface area contributed by atoms with E-state index in [0.29, 0.717) is 12.6 Å². The third kappa shape index (κ3) is 3.22. The number of benzene rings is 2. The molecule has 1 N–H and O–H groups in total. The first-order chi connectivity index (χ1) is 13.4. The van der Waals surface area contributed by atoms with E-state index in [1.54, 1.807) is 14.0 Å². The van der Waals surface area contributed by atoms with Gasteiger partial charge in [-0.15, -0.1) is 0 Å². The maximum atomic E-state index is 13.2. The molecule has 0 unspecified atom stereocenters. The van der Waals surface area contributed by atoms with Crippen molar-refractivity contribution >= 4 is 22.7 Å². The number of amides is 3. The Morgan fingerprint density at radius 3 is 2.50 bits per heavy atom. The third-order valence-corrected chi connectivity index (χ3v) is 6.12. The van der Waals surface area contributed by atoms with Gasteiger partial charge in [0.1, 0.15) is 11.3 Å². The number of imide groups is 1. The second kappa shape index (κ2) is 7.09. The van der Waals surface area contributed by atoms with Gasteiger partial charge in [-0.1, -0.05) is 25.1 Å². The Kier molecular flexibility index (Phi) is 4.75. The SMILES string of the molecule is COc1ccc2cc([C@]3(C)NC(=O)N(CN4CCC(C)CC4)C3=O)ccc2c1. The van der Waals surface area contributed by atoms with Crippen LogP contribution in [0.1, 0.15) is 32.3 Å². The molecule has 0 bridgehead atoms. The van der Waals surface area contributed by atoms with Gasteiger partial charge in [-0.25, -0.2) is 9.69 Å². The highest BCUT2D eigenvalue weighted by Crippen LogP contribution is 2.32. The average Bonchev–Trinajstić information content (AvgIpc) is 2.92. The molecule has 4 rings (SSSR count). The molecule has 148 valence electrons. The monoisotopic (exact) mass is 381 g/mol. The van der Waals surface area contributed by atoms with Crippen molar-refractivity contribution in [2.24, 2.45) is 5.92 Å². The smallest absolute Gasteiger partial charge is 0.326 e. The largest absolute Gasteiger partial charge is 0.497 e. The van der Waals surface area contributed by atoms with Crippen molar-refractivity contribution in [2.45, 2.75) is 32.2 Å². The summed E-state index contributed by atoms with van der Waals surface area (Å²) in [6, 6.07) is 11.3. The maximum absolute atomic E-state index is 13.2. The fourth-order valence-corrected chi connectivity index (χ4v) is 4.09. The first-order valence-corrected chi connectivity index (χ1v) is 9.85. The number of nitrogens with one attached hydrogen (secondary N) is 1. The van der Waals surface area contributed by atoms with E-state index in [-0.39, 0.29) is 11.9 Å². The van der Waals surface area contributed by atoms with Crippen LogP contribution in [-0.2, 0) is 10.3 Å². The predicted octanol–water partition coefficient (Wildman–Crippen LogP) is 3.30. The minimum Gasteiger partial charge on any atom is -0.497 e. The Balaban J connectivity index is 1.58. The summed E-state index contributed by atoms with van der Waals surface area (Å²) in [5, 5.41) is 4.95. The molecular formula is C22H27N3O3. The minimum atomic E-state index is -1.05. The molecule has 1 atom stereocenters. The zero-order valence-corrected chi connectivity index (χ0v) is 16.7. The number of urea groups is 1. The van der Waals surface area contributed by atoms with Crippen molar-refractivity contribution in [3.05, 3.63) is 42.0 Å². The lowest BCUT2D eigenvalue weighted by atomic mass is 9.90. The quantitative estimate of drug-likeness (QED) is 0.826. The summed E-state index contributed by atoms with van der Waals surface area (Å²) in [5.41, 5.74) is -0.257. The Morgan fingerprint density at radius 1 is 1.11 bits per heavy atom. The fraction of sp³-hybridized carbons (Fsp3) is 0.455. The van der Waals surface area contributed by atoms with E-state index in [1.165, 1.54) is 4.90 Å². The fourth-order valence-electron chi connectivity index (χ4n) is 4.09. The number of carbonyl (C=O) groups is 2. The molecule has 0 aromatic heterocycles. The highest BCUT2D eigenvalue weighted by molar-refractivity contribution is 6.07. The number of piperidine rings is 1. The summed E-state index contributed by atoms with van der Waals surface area (Å²) in [4.78, 5) is 29.4. The number of carbonyl (C=O) groups excluding carboxylic acids is 2. The topological polar surface area (TPSA) is 61.9 Å². The zero-order chi connectivity index (χ0) is 19.9. The number of fused-ring (bicyclic) bond motifs is 1. The van der Waals surface area contributed by atoms with E-state index in [0.717, 1.165) is 48.0 Å². The highest BCUT2D eigenvalue weighted by atomic mass is 16.5. The number of hydrogen-bond acceptors (Lipinski definition) is 4. The van der Waals surface area contributed by atoms with Gasteiger partial charge in [-0.3, -0.25) is 9.69 Å². The van der Waals surface area contributed by atoms with Gasteiger partial charge in [-0.2, -0.15) is 0 Å². The van der Waals surface area contributed by atoms with Crippen molar-refractivity contribution in [2.75, 3.05) is 26.9 Å². The summed E-state index contributed by atoms with van der Waals surface area (Å²) >= 11 is 0. The number of rotatable bonds is 4. The summed E-state index contributed by atoms with van der Waals surface area (Å²) in [7, 11) is 1.64. The van der Waals surface area contributed by atoms with Crippen molar-refractivity contribution in [3.63, 3.8) is 0 Å². The lowest BCUT2D eigenvalue weighted by Gasteiger charge is -2.32. The van der Waals surface area contributed by atoms with Crippen LogP contribution in [0.15, 0.2) is 36.4 Å². The van der Waals surface area contributed by atoms with Gasteiger partial charge in [-0.05, 0) is 60.2 Å². The van der Waals surface area contributed by atoms with E-state index in [4.69, 9.17) is 4.74 Å². The Labute approximate surface area is 165 Å².